The monoisotopic (exact) mass is 361 g/mol. The van der Waals surface area contributed by atoms with E-state index >= 15 is 0 Å². The summed E-state index contributed by atoms with van der Waals surface area (Å²) in [6.07, 6.45) is 2.77. The van der Waals surface area contributed by atoms with Crippen LogP contribution >= 0.6 is 0 Å². The van der Waals surface area contributed by atoms with Crippen LogP contribution in [-0.2, 0) is 6.42 Å². The van der Waals surface area contributed by atoms with Crippen LogP contribution in [0.4, 0.5) is 0 Å². The number of pyridine rings is 1. The van der Waals surface area contributed by atoms with E-state index in [-0.39, 0.29) is 5.91 Å². The number of carbonyl (C=O) groups excluding carboxylic acids is 1. The molecule has 6 heteroatoms. The van der Waals surface area contributed by atoms with Crippen LogP contribution in [0, 0.1) is 0 Å². The van der Waals surface area contributed by atoms with Crippen molar-refractivity contribution in [2.24, 2.45) is 0 Å². The normalized spacial score (nSPS) is 15.0. The zero-order valence-corrected chi connectivity index (χ0v) is 15.2. The third kappa shape index (κ3) is 4.23. The number of hydrogen-bond acceptors (Lipinski definition) is 4. The lowest BCUT2D eigenvalue weighted by Gasteiger charge is -2.34. The van der Waals surface area contributed by atoms with Crippen molar-refractivity contribution in [3.05, 3.63) is 72.2 Å². The second kappa shape index (κ2) is 8.14. The summed E-state index contributed by atoms with van der Waals surface area (Å²) in [4.78, 5) is 21.4. The Kier molecular flexibility index (Phi) is 5.25. The Morgan fingerprint density at radius 1 is 1.00 bits per heavy atom. The zero-order chi connectivity index (χ0) is 18.5. The molecule has 1 aliphatic heterocycles. The van der Waals surface area contributed by atoms with Crippen molar-refractivity contribution in [1.82, 2.24) is 25.0 Å². The summed E-state index contributed by atoms with van der Waals surface area (Å²) >= 11 is 0. The van der Waals surface area contributed by atoms with E-state index in [4.69, 9.17) is 0 Å². The number of nitrogens with one attached hydrogen (secondary N) is 1. The van der Waals surface area contributed by atoms with E-state index in [0.29, 0.717) is 5.69 Å². The Balaban J connectivity index is 1.30. The van der Waals surface area contributed by atoms with Crippen molar-refractivity contribution < 1.29 is 4.79 Å². The van der Waals surface area contributed by atoms with E-state index in [2.05, 4.69) is 26.1 Å². The molecule has 1 aliphatic rings. The molecule has 3 aromatic rings. The molecule has 0 bridgehead atoms. The Morgan fingerprint density at radius 2 is 1.78 bits per heavy atom. The average Bonchev–Trinajstić information content (AvgIpc) is 3.24. The van der Waals surface area contributed by atoms with Crippen LogP contribution < -0.4 is 0 Å². The van der Waals surface area contributed by atoms with Crippen molar-refractivity contribution in [2.45, 2.75) is 6.42 Å². The van der Waals surface area contributed by atoms with Gasteiger partial charge in [-0.15, -0.1) is 0 Å². The van der Waals surface area contributed by atoms with Gasteiger partial charge in [-0.1, -0.05) is 36.4 Å². The van der Waals surface area contributed by atoms with E-state index in [1.807, 2.05) is 59.6 Å². The summed E-state index contributed by atoms with van der Waals surface area (Å²) < 4.78 is 0. The van der Waals surface area contributed by atoms with Crippen molar-refractivity contribution in [3.8, 4) is 11.3 Å². The maximum absolute atomic E-state index is 12.8. The fraction of sp³-hybridized carbons (Fsp3) is 0.286. The first kappa shape index (κ1) is 17.4. The maximum Gasteiger partial charge on any atom is 0.271 e. The Labute approximate surface area is 158 Å². The maximum atomic E-state index is 12.8. The highest BCUT2D eigenvalue weighted by Gasteiger charge is 2.23. The largest absolute Gasteiger partial charge is 0.335 e. The summed E-state index contributed by atoms with van der Waals surface area (Å²) in [6.45, 7) is 4.22. The highest BCUT2D eigenvalue weighted by molar-refractivity contribution is 5.93. The molecule has 1 saturated heterocycles. The standard InChI is InChI=1S/C21H23N5O/c27-21(20-16-19(23-24-20)17-6-2-1-3-7-17)26-14-12-25(13-15-26)11-9-18-8-4-5-10-22-18/h1-8,10,16H,9,11-15H2,(H,23,24). The van der Waals surface area contributed by atoms with E-state index < -0.39 is 0 Å². The van der Waals surface area contributed by atoms with Gasteiger partial charge >= 0.3 is 0 Å². The molecule has 0 saturated carbocycles. The van der Waals surface area contributed by atoms with Gasteiger partial charge in [0.25, 0.3) is 5.91 Å². The summed E-state index contributed by atoms with van der Waals surface area (Å²) in [5.41, 5.74) is 3.47. The van der Waals surface area contributed by atoms with Crippen LogP contribution in [0.1, 0.15) is 16.2 Å². The number of aromatic amines is 1. The van der Waals surface area contributed by atoms with Crippen LogP contribution in [0.5, 0.6) is 0 Å². The molecule has 1 amide bonds. The molecule has 138 valence electrons. The number of piperazine rings is 1. The minimum absolute atomic E-state index is 0.0223. The van der Waals surface area contributed by atoms with Gasteiger partial charge in [-0.3, -0.25) is 19.8 Å². The topological polar surface area (TPSA) is 65.1 Å². The minimum atomic E-state index is 0.0223. The number of benzene rings is 1. The van der Waals surface area contributed by atoms with Gasteiger partial charge in [0, 0.05) is 56.6 Å². The van der Waals surface area contributed by atoms with Crippen molar-refractivity contribution in [2.75, 3.05) is 32.7 Å². The van der Waals surface area contributed by atoms with Crippen LogP contribution in [0.2, 0.25) is 0 Å². The van der Waals surface area contributed by atoms with Crippen LogP contribution in [0.15, 0.2) is 60.8 Å². The fourth-order valence-corrected chi connectivity index (χ4v) is 3.35. The van der Waals surface area contributed by atoms with Crippen molar-refractivity contribution in [1.29, 1.82) is 0 Å². The molecule has 0 aliphatic carbocycles. The summed E-state index contributed by atoms with van der Waals surface area (Å²) in [5.74, 6) is 0.0223. The Hall–Kier alpha value is -2.99. The molecule has 0 radical (unpaired) electrons. The molecular weight excluding hydrogens is 338 g/mol. The number of H-pyrrole nitrogens is 1. The molecule has 4 rings (SSSR count). The SMILES string of the molecule is O=C(c1cc(-c2ccccc2)n[nH]1)N1CCN(CCc2ccccn2)CC1. The van der Waals surface area contributed by atoms with Crippen molar-refractivity contribution in [3.63, 3.8) is 0 Å². The third-order valence-electron chi connectivity index (χ3n) is 4.95. The molecule has 0 unspecified atom stereocenters. The molecule has 1 N–H and O–H groups in total. The summed E-state index contributed by atoms with van der Waals surface area (Å²) in [5, 5.41) is 7.19. The second-order valence-electron chi connectivity index (χ2n) is 6.74. The zero-order valence-electron chi connectivity index (χ0n) is 15.2. The lowest BCUT2D eigenvalue weighted by molar-refractivity contribution is 0.0632. The smallest absolute Gasteiger partial charge is 0.271 e. The number of amides is 1. The summed E-state index contributed by atoms with van der Waals surface area (Å²) in [6, 6.07) is 17.7. The van der Waals surface area contributed by atoms with Crippen LogP contribution in [0.25, 0.3) is 11.3 Å². The number of aromatic nitrogens is 3. The minimum Gasteiger partial charge on any atom is -0.335 e. The fourth-order valence-electron chi connectivity index (χ4n) is 3.35. The van der Waals surface area contributed by atoms with E-state index in [1.54, 1.807) is 0 Å². The number of nitrogens with zero attached hydrogens (tertiary/aromatic N) is 4. The molecule has 3 heterocycles. The first-order valence-corrected chi connectivity index (χ1v) is 9.32. The van der Waals surface area contributed by atoms with Crippen LogP contribution in [-0.4, -0.2) is 63.6 Å². The van der Waals surface area contributed by atoms with Gasteiger partial charge < -0.3 is 4.90 Å². The predicted molar refractivity (Wildman–Crippen MR) is 104 cm³/mol. The van der Waals surface area contributed by atoms with Gasteiger partial charge in [-0.2, -0.15) is 5.10 Å². The Morgan fingerprint density at radius 3 is 2.52 bits per heavy atom. The van der Waals surface area contributed by atoms with Gasteiger partial charge in [0.05, 0.1) is 5.69 Å². The average molecular weight is 361 g/mol. The third-order valence-corrected chi connectivity index (χ3v) is 4.95. The van der Waals surface area contributed by atoms with Crippen molar-refractivity contribution >= 4 is 5.91 Å². The first-order valence-electron chi connectivity index (χ1n) is 9.32. The van der Waals surface area contributed by atoms with Gasteiger partial charge in [-0.05, 0) is 18.2 Å². The van der Waals surface area contributed by atoms with Crippen LogP contribution in [0.3, 0.4) is 0 Å². The first-order chi connectivity index (χ1) is 13.3. The summed E-state index contributed by atoms with van der Waals surface area (Å²) in [7, 11) is 0. The molecule has 1 fully saturated rings. The lowest BCUT2D eigenvalue weighted by Crippen LogP contribution is -2.49. The van der Waals surface area contributed by atoms with E-state index in [1.165, 1.54) is 0 Å². The molecule has 27 heavy (non-hydrogen) atoms. The molecule has 2 aromatic heterocycles. The molecule has 0 spiro atoms. The quantitative estimate of drug-likeness (QED) is 0.758. The van der Waals surface area contributed by atoms with Gasteiger partial charge in [0.2, 0.25) is 0 Å². The molecular formula is C21H23N5O. The Bertz CT molecular complexity index is 870. The highest BCUT2D eigenvalue weighted by atomic mass is 16.2. The lowest BCUT2D eigenvalue weighted by atomic mass is 10.1. The number of hydrogen-bond donors (Lipinski definition) is 1. The number of rotatable bonds is 5. The van der Waals surface area contributed by atoms with Gasteiger partial charge in [0.15, 0.2) is 0 Å². The highest BCUT2D eigenvalue weighted by Crippen LogP contribution is 2.18. The number of carbonyl (C=O) groups is 1. The van der Waals surface area contributed by atoms with E-state index in [9.17, 15) is 4.79 Å². The molecule has 6 nitrogen and oxygen atoms in total. The predicted octanol–water partition coefficient (Wildman–Crippen LogP) is 2.47. The molecule has 0 atom stereocenters. The molecule has 1 aromatic carbocycles. The van der Waals surface area contributed by atoms with E-state index in [0.717, 1.165) is 56.1 Å². The van der Waals surface area contributed by atoms with Gasteiger partial charge in [0.1, 0.15) is 5.69 Å². The van der Waals surface area contributed by atoms with Gasteiger partial charge in [-0.25, -0.2) is 0 Å². The second-order valence-corrected chi connectivity index (χ2v) is 6.74.